The number of carbonyl (C=O) groups excluding carboxylic acids is 1. The van der Waals surface area contributed by atoms with Crippen LogP contribution in [0, 0.1) is 12.3 Å². The first-order chi connectivity index (χ1) is 9.29. The van der Waals surface area contributed by atoms with Crippen molar-refractivity contribution in [2.24, 2.45) is 5.41 Å². The van der Waals surface area contributed by atoms with Crippen LogP contribution in [0.3, 0.4) is 0 Å². The molecule has 0 heterocycles. The van der Waals surface area contributed by atoms with Crippen LogP contribution in [-0.4, -0.2) is 24.4 Å². The molecule has 1 rings (SSSR count). The number of hydrogen-bond donors (Lipinski definition) is 1. The lowest BCUT2D eigenvalue weighted by atomic mass is 9.85. The molecule has 1 aromatic rings. The van der Waals surface area contributed by atoms with Gasteiger partial charge in [-0.15, -0.1) is 0 Å². The minimum absolute atomic E-state index is 0.0144. The number of methoxy groups -OCH3 is 1. The molecule has 0 spiro atoms. The lowest BCUT2D eigenvalue weighted by Crippen LogP contribution is -2.44. The quantitative estimate of drug-likeness (QED) is 0.824. The maximum atomic E-state index is 12.5. The highest BCUT2D eigenvalue weighted by atomic mass is 79.9. The molecule has 0 aliphatic carbocycles. The molecular weight excluding hydrogens is 318 g/mol. The number of rotatable bonds is 5. The van der Waals surface area contributed by atoms with Gasteiger partial charge in [0.25, 0.3) is 5.91 Å². The van der Waals surface area contributed by atoms with Crippen LogP contribution in [-0.2, 0) is 0 Å². The number of carbonyl (C=O) groups is 1. The van der Waals surface area contributed by atoms with Gasteiger partial charge in [-0.2, -0.15) is 0 Å². The van der Waals surface area contributed by atoms with Gasteiger partial charge in [-0.1, -0.05) is 48.3 Å². The molecule has 3 nitrogen and oxygen atoms in total. The van der Waals surface area contributed by atoms with Gasteiger partial charge in [-0.25, -0.2) is 0 Å². The molecule has 0 aliphatic heterocycles. The molecule has 1 amide bonds. The molecule has 0 aromatic heterocycles. The predicted octanol–water partition coefficient (Wildman–Crippen LogP) is 3.93. The molecule has 0 saturated heterocycles. The molecule has 0 radical (unpaired) electrons. The summed E-state index contributed by atoms with van der Waals surface area (Å²) in [7, 11) is 1.58. The van der Waals surface area contributed by atoms with Gasteiger partial charge in [-0.3, -0.25) is 4.79 Å². The highest BCUT2D eigenvalue weighted by molar-refractivity contribution is 9.09. The van der Waals surface area contributed by atoms with Crippen molar-refractivity contribution >= 4 is 21.8 Å². The van der Waals surface area contributed by atoms with Crippen molar-refractivity contribution in [3.8, 4) is 5.75 Å². The number of halogens is 1. The van der Waals surface area contributed by atoms with E-state index in [1.54, 1.807) is 7.11 Å². The molecule has 1 atom stereocenters. The van der Waals surface area contributed by atoms with Crippen molar-refractivity contribution in [3.63, 3.8) is 0 Å². The third-order valence-electron chi connectivity index (χ3n) is 3.35. The van der Waals surface area contributed by atoms with E-state index in [0.29, 0.717) is 11.3 Å². The fourth-order valence-electron chi connectivity index (χ4n) is 2.07. The molecule has 1 N–H and O–H groups in total. The second kappa shape index (κ2) is 7.11. The molecule has 0 aliphatic rings. The Labute approximate surface area is 130 Å². The highest BCUT2D eigenvalue weighted by Crippen LogP contribution is 2.25. The van der Waals surface area contributed by atoms with E-state index >= 15 is 0 Å². The van der Waals surface area contributed by atoms with E-state index in [0.717, 1.165) is 17.3 Å². The first-order valence-corrected chi connectivity index (χ1v) is 7.93. The standard InChI is InChI=1S/C16H24BrNO2/c1-11-6-7-13(20-5)12(10-11)15(19)18-14(8-9-17)16(2,3)4/h6-7,10,14H,8-9H2,1-5H3,(H,18,19). The Morgan fingerprint density at radius 1 is 1.40 bits per heavy atom. The fraction of sp³-hybridized carbons (Fsp3) is 0.562. The van der Waals surface area contributed by atoms with Gasteiger partial charge in [0, 0.05) is 11.4 Å². The smallest absolute Gasteiger partial charge is 0.255 e. The average Bonchev–Trinajstić information content (AvgIpc) is 2.37. The minimum atomic E-state index is -0.0774. The number of aryl methyl sites for hydroxylation is 1. The van der Waals surface area contributed by atoms with Crippen LogP contribution in [0.15, 0.2) is 18.2 Å². The summed E-state index contributed by atoms with van der Waals surface area (Å²) in [6, 6.07) is 5.75. The molecular formula is C16H24BrNO2. The third-order valence-corrected chi connectivity index (χ3v) is 3.81. The van der Waals surface area contributed by atoms with Crippen molar-refractivity contribution in [1.82, 2.24) is 5.32 Å². The Bertz CT molecular complexity index is 466. The largest absolute Gasteiger partial charge is 0.496 e. The lowest BCUT2D eigenvalue weighted by Gasteiger charge is -2.31. The number of ether oxygens (including phenoxy) is 1. The maximum Gasteiger partial charge on any atom is 0.255 e. The Kier molecular flexibility index (Phi) is 6.06. The SMILES string of the molecule is COc1ccc(C)cc1C(=O)NC(CCBr)C(C)(C)C. The number of hydrogen-bond acceptors (Lipinski definition) is 2. The monoisotopic (exact) mass is 341 g/mol. The number of alkyl halides is 1. The molecule has 1 unspecified atom stereocenters. The zero-order valence-electron chi connectivity index (χ0n) is 12.9. The molecule has 112 valence electrons. The van der Waals surface area contributed by atoms with Gasteiger partial charge >= 0.3 is 0 Å². The Hall–Kier alpha value is -1.03. The molecule has 0 fully saturated rings. The average molecular weight is 342 g/mol. The van der Waals surface area contributed by atoms with Gasteiger partial charge in [0.05, 0.1) is 12.7 Å². The molecule has 0 bridgehead atoms. The van der Waals surface area contributed by atoms with Crippen LogP contribution in [0.5, 0.6) is 5.75 Å². The summed E-state index contributed by atoms with van der Waals surface area (Å²) in [6.07, 6.45) is 0.892. The first-order valence-electron chi connectivity index (χ1n) is 6.81. The Morgan fingerprint density at radius 3 is 2.55 bits per heavy atom. The molecule has 20 heavy (non-hydrogen) atoms. The first kappa shape index (κ1) is 17.0. The van der Waals surface area contributed by atoms with Crippen molar-refractivity contribution in [1.29, 1.82) is 0 Å². The molecule has 0 saturated carbocycles. The highest BCUT2D eigenvalue weighted by Gasteiger charge is 2.26. The normalized spacial score (nSPS) is 12.9. The van der Waals surface area contributed by atoms with Crippen LogP contribution in [0.4, 0.5) is 0 Å². The van der Waals surface area contributed by atoms with E-state index in [1.807, 2.05) is 25.1 Å². The Morgan fingerprint density at radius 2 is 2.05 bits per heavy atom. The van der Waals surface area contributed by atoms with Crippen LogP contribution < -0.4 is 10.1 Å². The predicted molar refractivity (Wildman–Crippen MR) is 86.9 cm³/mol. The van der Waals surface area contributed by atoms with E-state index in [1.165, 1.54) is 0 Å². The zero-order chi connectivity index (χ0) is 15.3. The third kappa shape index (κ3) is 4.51. The second-order valence-electron chi connectivity index (χ2n) is 6.07. The number of benzene rings is 1. The van der Waals surface area contributed by atoms with Crippen LogP contribution >= 0.6 is 15.9 Å². The van der Waals surface area contributed by atoms with Crippen LogP contribution in [0.2, 0.25) is 0 Å². The maximum absolute atomic E-state index is 12.5. The fourth-order valence-corrected chi connectivity index (χ4v) is 2.52. The van der Waals surface area contributed by atoms with Gasteiger partial charge in [0.15, 0.2) is 0 Å². The summed E-state index contributed by atoms with van der Waals surface area (Å²) < 4.78 is 5.28. The minimum Gasteiger partial charge on any atom is -0.496 e. The zero-order valence-corrected chi connectivity index (χ0v) is 14.5. The second-order valence-corrected chi connectivity index (χ2v) is 6.87. The summed E-state index contributed by atoms with van der Waals surface area (Å²) in [5, 5.41) is 3.99. The van der Waals surface area contributed by atoms with Crippen LogP contribution in [0.1, 0.15) is 43.1 Å². The van der Waals surface area contributed by atoms with E-state index < -0.39 is 0 Å². The van der Waals surface area contributed by atoms with Gasteiger partial charge < -0.3 is 10.1 Å². The van der Waals surface area contributed by atoms with E-state index in [2.05, 4.69) is 42.0 Å². The van der Waals surface area contributed by atoms with E-state index in [9.17, 15) is 4.79 Å². The van der Waals surface area contributed by atoms with Crippen LogP contribution in [0.25, 0.3) is 0 Å². The number of amides is 1. The van der Waals surface area contributed by atoms with Crippen molar-refractivity contribution in [2.75, 3.05) is 12.4 Å². The summed E-state index contributed by atoms with van der Waals surface area (Å²) >= 11 is 3.45. The summed E-state index contributed by atoms with van der Waals surface area (Å²) in [4.78, 5) is 12.5. The summed E-state index contributed by atoms with van der Waals surface area (Å²) in [6.45, 7) is 8.37. The van der Waals surface area contributed by atoms with E-state index in [4.69, 9.17) is 4.74 Å². The van der Waals surface area contributed by atoms with Crippen molar-refractivity contribution in [2.45, 2.75) is 40.2 Å². The topological polar surface area (TPSA) is 38.3 Å². The van der Waals surface area contributed by atoms with Crippen molar-refractivity contribution in [3.05, 3.63) is 29.3 Å². The Balaban J connectivity index is 2.97. The summed E-state index contributed by atoms with van der Waals surface area (Å²) in [5.74, 6) is 0.533. The molecule has 1 aromatic carbocycles. The van der Waals surface area contributed by atoms with E-state index in [-0.39, 0.29) is 17.4 Å². The lowest BCUT2D eigenvalue weighted by molar-refractivity contribution is 0.0897. The number of nitrogens with one attached hydrogen (secondary N) is 1. The van der Waals surface area contributed by atoms with Gasteiger partial charge in [0.1, 0.15) is 5.75 Å². The summed E-state index contributed by atoms with van der Waals surface area (Å²) in [5.41, 5.74) is 1.65. The van der Waals surface area contributed by atoms with Gasteiger partial charge in [0.2, 0.25) is 0 Å². The molecule has 4 heteroatoms. The van der Waals surface area contributed by atoms with Gasteiger partial charge in [-0.05, 0) is 30.9 Å². The van der Waals surface area contributed by atoms with Crippen molar-refractivity contribution < 1.29 is 9.53 Å².